The molecule has 4 rings (SSSR count). The van der Waals surface area contributed by atoms with Crippen molar-refractivity contribution in [1.29, 1.82) is 0 Å². The number of nitrogen functional groups attached to an aromatic ring is 1. The summed E-state index contributed by atoms with van der Waals surface area (Å²) in [7, 11) is 0. The van der Waals surface area contributed by atoms with Crippen molar-refractivity contribution >= 4 is 43.8 Å². The Labute approximate surface area is 124 Å². The van der Waals surface area contributed by atoms with Gasteiger partial charge in [-0.15, -0.1) is 22.7 Å². The van der Waals surface area contributed by atoms with E-state index in [2.05, 4.69) is 32.2 Å². The number of hydrogen-bond donors (Lipinski definition) is 1. The number of aromatic nitrogens is 3. The topological polar surface area (TPSA) is 67.9 Å². The molecule has 1 aliphatic rings. The van der Waals surface area contributed by atoms with E-state index < -0.39 is 0 Å². The Balaban J connectivity index is 1.77. The van der Waals surface area contributed by atoms with E-state index in [1.54, 1.807) is 29.0 Å². The third-order valence-electron chi connectivity index (χ3n) is 3.56. The molecule has 2 N–H and O–H groups in total. The van der Waals surface area contributed by atoms with Crippen molar-refractivity contribution in [2.75, 3.05) is 17.2 Å². The second kappa shape index (κ2) is 4.39. The van der Waals surface area contributed by atoms with Gasteiger partial charge in [-0.2, -0.15) is 0 Å². The molecule has 4 heterocycles. The van der Waals surface area contributed by atoms with Crippen LogP contribution in [0, 0.1) is 6.92 Å². The largest absolute Gasteiger partial charge is 0.375 e. The highest BCUT2D eigenvalue weighted by molar-refractivity contribution is 7.18. The molecule has 0 aliphatic carbocycles. The monoisotopic (exact) mass is 303 g/mol. The minimum Gasteiger partial charge on any atom is -0.375 e. The van der Waals surface area contributed by atoms with Crippen molar-refractivity contribution in [2.45, 2.75) is 19.9 Å². The van der Waals surface area contributed by atoms with E-state index in [1.807, 2.05) is 0 Å². The molecule has 3 aromatic heterocycles. The zero-order valence-electron chi connectivity index (χ0n) is 11.0. The number of rotatable bonds is 1. The highest BCUT2D eigenvalue weighted by Gasteiger charge is 2.23. The zero-order valence-corrected chi connectivity index (χ0v) is 12.6. The van der Waals surface area contributed by atoms with Gasteiger partial charge in [0.2, 0.25) is 0 Å². The highest BCUT2D eigenvalue weighted by atomic mass is 32.1. The summed E-state index contributed by atoms with van der Waals surface area (Å²) in [5, 5.41) is 2.81. The lowest BCUT2D eigenvalue weighted by Crippen LogP contribution is -2.30. The maximum Gasteiger partial charge on any atom is 0.180 e. The fourth-order valence-electron chi connectivity index (χ4n) is 2.58. The van der Waals surface area contributed by atoms with Gasteiger partial charge in [0.05, 0.1) is 22.5 Å². The molecule has 0 aromatic carbocycles. The molecule has 0 saturated carbocycles. The quantitative estimate of drug-likeness (QED) is 0.748. The molecular weight excluding hydrogens is 290 g/mol. The van der Waals surface area contributed by atoms with Gasteiger partial charge in [-0.1, -0.05) is 0 Å². The Morgan fingerprint density at radius 3 is 3.15 bits per heavy atom. The van der Waals surface area contributed by atoms with Gasteiger partial charge in [-0.3, -0.25) is 0 Å². The Morgan fingerprint density at radius 2 is 2.25 bits per heavy atom. The van der Waals surface area contributed by atoms with E-state index in [9.17, 15) is 0 Å². The number of nitrogens with zero attached hydrogens (tertiary/aromatic N) is 4. The number of fused-ring (bicyclic) bond motifs is 2. The molecule has 0 fully saturated rings. The van der Waals surface area contributed by atoms with Crippen molar-refractivity contribution in [3.8, 4) is 0 Å². The highest BCUT2D eigenvalue weighted by Crippen LogP contribution is 2.34. The van der Waals surface area contributed by atoms with Crippen LogP contribution in [0.15, 0.2) is 11.7 Å². The van der Waals surface area contributed by atoms with Gasteiger partial charge in [-0.05, 0) is 17.9 Å². The number of nitrogens with two attached hydrogens (primary N) is 1. The number of anilines is 2. The molecule has 0 spiro atoms. The summed E-state index contributed by atoms with van der Waals surface area (Å²) in [5.74, 6) is 1.03. The Bertz CT molecular complexity index is 791. The number of hydrogen-bond acceptors (Lipinski definition) is 7. The van der Waals surface area contributed by atoms with E-state index in [0.29, 0.717) is 5.13 Å². The smallest absolute Gasteiger partial charge is 0.180 e. The van der Waals surface area contributed by atoms with E-state index in [4.69, 9.17) is 5.73 Å². The summed E-state index contributed by atoms with van der Waals surface area (Å²) in [4.78, 5) is 16.8. The van der Waals surface area contributed by atoms with Crippen LogP contribution in [0.5, 0.6) is 0 Å². The fraction of sp³-hybridized carbons (Fsp3) is 0.308. The van der Waals surface area contributed by atoms with Crippen molar-refractivity contribution < 1.29 is 0 Å². The van der Waals surface area contributed by atoms with Crippen LogP contribution < -0.4 is 10.6 Å². The molecule has 102 valence electrons. The van der Waals surface area contributed by atoms with Gasteiger partial charge in [0, 0.05) is 17.8 Å². The number of aryl methyl sites for hydroxylation is 1. The van der Waals surface area contributed by atoms with Crippen LogP contribution in [-0.4, -0.2) is 21.5 Å². The summed E-state index contributed by atoms with van der Waals surface area (Å²) in [6.45, 7) is 3.86. The summed E-state index contributed by atoms with van der Waals surface area (Å²) in [6, 6.07) is 0. The third-order valence-corrected chi connectivity index (χ3v) is 5.55. The van der Waals surface area contributed by atoms with Gasteiger partial charge in [0.25, 0.3) is 0 Å². The van der Waals surface area contributed by atoms with Crippen molar-refractivity contribution in [3.63, 3.8) is 0 Å². The minimum atomic E-state index is 0.664. The molecule has 5 nitrogen and oxygen atoms in total. The molecule has 0 amide bonds. The van der Waals surface area contributed by atoms with E-state index in [1.165, 1.54) is 15.1 Å². The van der Waals surface area contributed by atoms with Gasteiger partial charge in [-0.25, -0.2) is 15.0 Å². The SMILES string of the molecule is Cc1csc2c(N3CCc4nc(N)sc4C3)ncnc12. The van der Waals surface area contributed by atoms with E-state index >= 15 is 0 Å². The first kappa shape index (κ1) is 12.0. The van der Waals surface area contributed by atoms with Gasteiger partial charge >= 0.3 is 0 Å². The average molecular weight is 303 g/mol. The zero-order chi connectivity index (χ0) is 13.7. The Hall–Kier alpha value is -1.73. The molecule has 3 aromatic rings. The lowest BCUT2D eigenvalue weighted by atomic mass is 10.2. The standard InChI is InChI=1S/C13H13N5S2/c1-7-5-19-11-10(7)15-6-16-12(11)18-3-2-8-9(4-18)20-13(14)17-8/h5-6H,2-4H2,1H3,(H2,14,17). The summed E-state index contributed by atoms with van der Waals surface area (Å²) in [5.41, 5.74) is 9.23. The summed E-state index contributed by atoms with van der Waals surface area (Å²) in [6.07, 6.45) is 2.59. The van der Waals surface area contributed by atoms with E-state index in [-0.39, 0.29) is 0 Å². The third kappa shape index (κ3) is 1.77. The van der Waals surface area contributed by atoms with Crippen molar-refractivity contribution in [2.24, 2.45) is 0 Å². The molecule has 7 heteroatoms. The molecule has 0 saturated heterocycles. The van der Waals surface area contributed by atoms with Crippen LogP contribution in [0.2, 0.25) is 0 Å². The minimum absolute atomic E-state index is 0.664. The second-order valence-electron chi connectivity index (χ2n) is 4.89. The maximum atomic E-state index is 5.80. The predicted octanol–water partition coefficient (Wildman–Crippen LogP) is 2.60. The van der Waals surface area contributed by atoms with Crippen LogP contribution in [0.3, 0.4) is 0 Å². The van der Waals surface area contributed by atoms with E-state index in [0.717, 1.165) is 36.5 Å². The summed E-state index contributed by atoms with van der Waals surface area (Å²) >= 11 is 3.30. The first-order valence-electron chi connectivity index (χ1n) is 6.40. The average Bonchev–Trinajstić information content (AvgIpc) is 3.00. The maximum absolute atomic E-state index is 5.80. The molecule has 0 bridgehead atoms. The number of thiophene rings is 1. The predicted molar refractivity (Wildman–Crippen MR) is 83.4 cm³/mol. The van der Waals surface area contributed by atoms with Crippen LogP contribution in [0.4, 0.5) is 10.9 Å². The molecule has 20 heavy (non-hydrogen) atoms. The lowest BCUT2D eigenvalue weighted by Gasteiger charge is -2.27. The first-order valence-corrected chi connectivity index (χ1v) is 8.10. The van der Waals surface area contributed by atoms with Crippen LogP contribution in [0.25, 0.3) is 10.2 Å². The molecule has 0 radical (unpaired) electrons. The van der Waals surface area contributed by atoms with Crippen LogP contribution in [-0.2, 0) is 13.0 Å². The molecule has 0 atom stereocenters. The van der Waals surface area contributed by atoms with Gasteiger partial charge in [0.1, 0.15) is 12.1 Å². The van der Waals surface area contributed by atoms with Gasteiger partial charge in [0.15, 0.2) is 5.13 Å². The Kier molecular flexibility index (Phi) is 2.64. The Morgan fingerprint density at radius 1 is 1.35 bits per heavy atom. The van der Waals surface area contributed by atoms with Crippen molar-refractivity contribution in [1.82, 2.24) is 15.0 Å². The first-order chi connectivity index (χ1) is 9.72. The lowest BCUT2D eigenvalue weighted by molar-refractivity contribution is 0.722. The molecular formula is C13H13N5S2. The van der Waals surface area contributed by atoms with Crippen LogP contribution >= 0.6 is 22.7 Å². The van der Waals surface area contributed by atoms with Crippen molar-refractivity contribution in [3.05, 3.63) is 27.8 Å². The fourth-order valence-corrected chi connectivity index (χ4v) is 4.49. The summed E-state index contributed by atoms with van der Waals surface area (Å²) < 4.78 is 1.17. The molecule has 0 unspecified atom stereocenters. The van der Waals surface area contributed by atoms with Crippen LogP contribution in [0.1, 0.15) is 16.1 Å². The second-order valence-corrected chi connectivity index (χ2v) is 6.88. The normalized spacial score (nSPS) is 14.8. The van der Waals surface area contributed by atoms with Gasteiger partial charge < -0.3 is 10.6 Å². The molecule has 1 aliphatic heterocycles. The number of thiazole rings is 1.